The van der Waals surface area contributed by atoms with Gasteiger partial charge < -0.3 is 10.1 Å². The lowest BCUT2D eigenvalue weighted by Gasteiger charge is -2.23. The van der Waals surface area contributed by atoms with Crippen LogP contribution in [0.4, 0.5) is 11.4 Å². The summed E-state index contributed by atoms with van der Waals surface area (Å²) in [5.41, 5.74) is 2.06. The smallest absolute Gasteiger partial charge is 0.119 e. The summed E-state index contributed by atoms with van der Waals surface area (Å²) >= 11 is 6.05. The van der Waals surface area contributed by atoms with Crippen molar-refractivity contribution in [3.05, 3.63) is 108 Å². The van der Waals surface area contributed by atoms with Gasteiger partial charge in [-0.25, -0.2) is 0 Å². The Morgan fingerprint density at radius 1 is 0.724 bits per heavy atom. The van der Waals surface area contributed by atoms with Crippen LogP contribution in [0.5, 0.6) is 5.75 Å². The fourth-order valence-corrected chi connectivity index (χ4v) is 5.75. The Balaban J connectivity index is 1.85. The fourth-order valence-electron chi connectivity index (χ4n) is 3.20. The average Bonchev–Trinajstić information content (AvgIpc) is 2.78. The molecule has 4 aromatic carbocycles. The molecule has 0 bridgehead atoms. The van der Waals surface area contributed by atoms with Crippen LogP contribution in [0.15, 0.2) is 103 Å². The molecule has 2 nitrogen and oxygen atoms in total. The van der Waals surface area contributed by atoms with Crippen molar-refractivity contribution in [1.29, 1.82) is 0 Å². The van der Waals surface area contributed by atoms with Gasteiger partial charge in [-0.15, -0.1) is 0 Å². The number of halogens is 1. The summed E-state index contributed by atoms with van der Waals surface area (Å²) in [4.78, 5) is 0. The van der Waals surface area contributed by atoms with Gasteiger partial charge in [-0.3, -0.25) is 0 Å². The Hall–Kier alpha value is -2.80. The molecule has 4 aromatic rings. The topological polar surface area (TPSA) is 21.3 Å². The van der Waals surface area contributed by atoms with Crippen molar-refractivity contribution in [1.82, 2.24) is 0 Å². The number of ether oxygens (including phenoxy) is 1. The number of nitrogens with one attached hydrogen (secondary N) is 1. The summed E-state index contributed by atoms with van der Waals surface area (Å²) in [7, 11) is 0.947. The van der Waals surface area contributed by atoms with Gasteiger partial charge in [-0.2, -0.15) is 0 Å². The van der Waals surface area contributed by atoms with E-state index in [1.54, 1.807) is 7.11 Å². The zero-order chi connectivity index (χ0) is 20.1. The molecule has 0 radical (unpaired) electrons. The van der Waals surface area contributed by atoms with Crippen LogP contribution in [0.1, 0.15) is 0 Å². The second kappa shape index (κ2) is 9.13. The lowest BCUT2D eigenvalue weighted by Crippen LogP contribution is -2.22. The third-order valence-corrected chi connectivity index (χ3v) is 7.33. The van der Waals surface area contributed by atoms with E-state index in [0.29, 0.717) is 0 Å². The van der Waals surface area contributed by atoms with E-state index in [0.717, 1.165) is 22.1 Å². The second-order valence-corrected chi connectivity index (χ2v) is 9.14. The third-order valence-electron chi connectivity index (χ3n) is 4.60. The first-order chi connectivity index (χ1) is 14.2. The first-order valence-electron chi connectivity index (χ1n) is 9.35. The minimum Gasteiger partial charge on any atom is -0.497 e. The molecule has 144 valence electrons. The van der Waals surface area contributed by atoms with Crippen LogP contribution in [0.25, 0.3) is 0 Å². The number of methoxy groups -OCH3 is 1. The zero-order valence-corrected chi connectivity index (χ0v) is 17.7. The maximum atomic E-state index is 6.05. The molecule has 1 N–H and O–H groups in total. The highest BCUT2D eigenvalue weighted by Crippen LogP contribution is 2.37. The van der Waals surface area contributed by atoms with E-state index in [-0.39, 0.29) is 0 Å². The van der Waals surface area contributed by atoms with E-state index >= 15 is 0 Å². The van der Waals surface area contributed by atoms with Crippen molar-refractivity contribution in [2.45, 2.75) is 0 Å². The van der Waals surface area contributed by atoms with Crippen LogP contribution in [-0.2, 0) is 0 Å². The van der Waals surface area contributed by atoms with Gasteiger partial charge >= 0.3 is 0 Å². The highest BCUT2D eigenvalue weighted by molar-refractivity contribution is 7.80. The van der Waals surface area contributed by atoms with Crippen LogP contribution >= 0.6 is 19.5 Å². The zero-order valence-electron chi connectivity index (χ0n) is 16.0. The van der Waals surface area contributed by atoms with Crippen molar-refractivity contribution in [3.8, 4) is 5.75 Å². The Labute approximate surface area is 177 Å². The lowest BCUT2D eigenvalue weighted by molar-refractivity contribution is 0.415. The molecule has 0 atom stereocenters. The van der Waals surface area contributed by atoms with Crippen molar-refractivity contribution in [2.75, 3.05) is 12.4 Å². The van der Waals surface area contributed by atoms with E-state index < -0.39 is 7.92 Å². The van der Waals surface area contributed by atoms with Gasteiger partial charge in [0.05, 0.1) is 7.11 Å². The van der Waals surface area contributed by atoms with Gasteiger partial charge in [0.15, 0.2) is 0 Å². The molecular weight excluding hydrogens is 397 g/mol. The number of anilines is 2. The molecule has 0 saturated heterocycles. The van der Waals surface area contributed by atoms with E-state index in [2.05, 4.69) is 78.1 Å². The van der Waals surface area contributed by atoms with E-state index in [1.807, 2.05) is 30.3 Å². The minimum absolute atomic E-state index is 0.723. The summed E-state index contributed by atoms with van der Waals surface area (Å²) in [6, 6.07) is 35.3. The lowest BCUT2D eigenvalue weighted by atomic mass is 10.2. The molecule has 0 aromatic heterocycles. The van der Waals surface area contributed by atoms with Gasteiger partial charge in [0, 0.05) is 21.7 Å². The molecule has 29 heavy (non-hydrogen) atoms. The molecule has 0 aliphatic heterocycles. The first-order valence-corrected chi connectivity index (χ1v) is 11.1. The van der Waals surface area contributed by atoms with Gasteiger partial charge in [0.25, 0.3) is 0 Å². The predicted octanol–water partition coefficient (Wildman–Crippen LogP) is 5.85. The van der Waals surface area contributed by atoms with Crippen LogP contribution in [-0.4, -0.2) is 7.11 Å². The first kappa shape index (κ1) is 19.5. The van der Waals surface area contributed by atoms with Crippen LogP contribution in [0.3, 0.4) is 0 Å². The number of hydrogen-bond acceptors (Lipinski definition) is 2. The summed E-state index contributed by atoms with van der Waals surface area (Å²) in [5, 5.41) is 8.10. The fraction of sp³-hybridized carbons (Fsp3) is 0.0400. The van der Waals surface area contributed by atoms with Crippen molar-refractivity contribution >= 4 is 46.8 Å². The number of rotatable bonds is 6. The Kier molecular flexibility index (Phi) is 6.14. The molecule has 0 unspecified atom stereocenters. The third kappa shape index (κ3) is 4.62. The Morgan fingerprint density at radius 3 is 1.86 bits per heavy atom. The van der Waals surface area contributed by atoms with Gasteiger partial charge in [-0.1, -0.05) is 72.3 Å². The normalized spacial score (nSPS) is 10.7. The van der Waals surface area contributed by atoms with Crippen molar-refractivity contribution in [3.63, 3.8) is 0 Å². The van der Waals surface area contributed by atoms with Gasteiger partial charge in [0.1, 0.15) is 5.75 Å². The van der Waals surface area contributed by atoms with Crippen LogP contribution in [0.2, 0.25) is 5.02 Å². The van der Waals surface area contributed by atoms with Crippen molar-refractivity contribution in [2.24, 2.45) is 0 Å². The van der Waals surface area contributed by atoms with Crippen LogP contribution in [0, 0.1) is 0 Å². The van der Waals surface area contributed by atoms with Crippen LogP contribution < -0.4 is 26.0 Å². The molecule has 0 saturated carbocycles. The SMILES string of the molecule is COc1ccc(Nc2ccc(Cl)cc2)c(P(c2ccccc2)c2ccccc2)c1. The summed E-state index contributed by atoms with van der Waals surface area (Å²) < 4.78 is 5.56. The molecule has 0 aliphatic carbocycles. The Bertz CT molecular complexity index is 1030. The molecule has 0 fully saturated rings. The van der Waals surface area contributed by atoms with Gasteiger partial charge in [-0.05, 0) is 61.0 Å². The maximum absolute atomic E-state index is 6.05. The van der Waals surface area contributed by atoms with E-state index in [1.165, 1.54) is 15.9 Å². The molecule has 4 rings (SSSR count). The predicted molar refractivity (Wildman–Crippen MR) is 126 cm³/mol. The monoisotopic (exact) mass is 417 g/mol. The van der Waals surface area contributed by atoms with Crippen molar-refractivity contribution < 1.29 is 4.74 Å². The largest absolute Gasteiger partial charge is 0.497 e. The van der Waals surface area contributed by atoms with Gasteiger partial charge in [0.2, 0.25) is 0 Å². The molecule has 0 amide bonds. The molecular formula is C25H21ClNOP. The number of hydrogen-bond donors (Lipinski definition) is 1. The summed E-state index contributed by atoms with van der Waals surface area (Å²) in [5.74, 6) is 0.848. The summed E-state index contributed by atoms with van der Waals surface area (Å²) in [6.07, 6.45) is 0. The quantitative estimate of drug-likeness (QED) is 0.397. The average molecular weight is 418 g/mol. The molecule has 0 heterocycles. The summed E-state index contributed by atoms with van der Waals surface area (Å²) in [6.45, 7) is 0. The maximum Gasteiger partial charge on any atom is 0.119 e. The minimum atomic E-state index is -0.760. The second-order valence-electron chi connectivity index (χ2n) is 6.52. The molecule has 0 aliphatic rings. The van der Waals surface area contributed by atoms with E-state index in [4.69, 9.17) is 16.3 Å². The molecule has 4 heteroatoms. The van der Waals surface area contributed by atoms with E-state index in [9.17, 15) is 0 Å². The number of benzene rings is 4. The molecule has 0 spiro atoms. The Morgan fingerprint density at radius 2 is 1.31 bits per heavy atom. The highest BCUT2D eigenvalue weighted by Gasteiger charge is 2.20. The standard InChI is InChI=1S/C25H21ClNOP/c1-28-21-16-17-24(27-20-14-12-19(26)13-15-20)25(18-21)29(22-8-4-2-5-9-22)23-10-6-3-7-11-23/h2-18,27H,1H3. The highest BCUT2D eigenvalue weighted by atomic mass is 35.5.